The van der Waals surface area contributed by atoms with Crippen molar-refractivity contribution < 1.29 is 9.90 Å². The third kappa shape index (κ3) is 4.26. The first kappa shape index (κ1) is 22.1. The van der Waals surface area contributed by atoms with Crippen LogP contribution in [-0.2, 0) is 11.2 Å². The number of aromatic amines is 2. The predicted molar refractivity (Wildman–Crippen MR) is 127 cm³/mol. The number of anilines is 4. The molecule has 5 N–H and O–H groups in total. The molecule has 1 aliphatic carbocycles. The smallest absolute Gasteiger partial charge is 0.248 e. The molecule has 0 unspecified atom stereocenters. The van der Waals surface area contributed by atoms with Crippen LogP contribution < -0.4 is 21.1 Å². The van der Waals surface area contributed by atoms with Crippen molar-refractivity contribution in [1.82, 2.24) is 25.1 Å². The molecule has 1 aliphatic heterocycles. The maximum absolute atomic E-state index is 13.0. The molecule has 3 aromatic heterocycles. The summed E-state index contributed by atoms with van der Waals surface area (Å²) in [5, 5.41) is 24.0. The number of aliphatic hydroxyl groups is 1. The molecule has 2 atom stereocenters. The Bertz CT molecular complexity index is 1250. The van der Waals surface area contributed by atoms with Gasteiger partial charge in [0.15, 0.2) is 5.82 Å². The number of amides is 1. The van der Waals surface area contributed by atoms with E-state index >= 15 is 0 Å². The van der Waals surface area contributed by atoms with Crippen molar-refractivity contribution in [3.63, 3.8) is 0 Å². The third-order valence-corrected chi connectivity index (χ3v) is 6.33. The van der Waals surface area contributed by atoms with Crippen molar-refractivity contribution in [3.8, 4) is 0 Å². The van der Waals surface area contributed by atoms with Crippen molar-refractivity contribution >= 4 is 29.2 Å². The lowest BCUT2D eigenvalue weighted by atomic mass is 10.1. The summed E-state index contributed by atoms with van der Waals surface area (Å²) < 4.78 is 0. The molecule has 5 rings (SSSR count). The number of nitrogens with one attached hydrogen (secondary N) is 4. The summed E-state index contributed by atoms with van der Waals surface area (Å²) in [6.45, 7) is 4.80. The van der Waals surface area contributed by atoms with Gasteiger partial charge in [-0.25, -0.2) is 4.98 Å². The van der Waals surface area contributed by atoms with Gasteiger partial charge in [0.25, 0.3) is 0 Å². The van der Waals surface area contributed by atoms with E-state index in [2.05, 4.69) is 39.7 Å². The van der Waals surface area contributed by atoms with Gasteiger partial charge in [-0.1, -0.05) is 13.8 Å². The van der Waals surface area contributed by atoms with E-state index in [4.69, 9.17) is 9.97 Å². The summed E-state index contributed by atoms with van der Waals surface area (Å²) in [5.41, 5.74) is 2.76. The quantitative estimate of drug-likeness (QED) is 0.373. The number of carbonyl (C=O) groups excluding carboxylic acids is 1. The fourth-order valence-corrected chi connectivity index (χ4v) is 4.50. The third-order valence-electron chi connectivity index (χ3n) is 6.33. The predicted octanol–water partition coefficient (Wildman–Crippen LogP) is 2.34. The van der Waals surface area contributed by atoms with Crippen LogP contribution in [0.3, 0.4) is 0 Å². The number of aliphatic hydroxyl groups excluding tert-OH is 1. The van der Waals surface area contributed by atoms with Crippen molar-refractivity contribution in [3.05, 3.63) is 51.7 Å². The molecular formula is C23H28N8O3. The summed E-state index contributed by atoms with van der Waals surface area (Å²) in [4.78, 5) is 38.3. The van der Waals surface area contributed by atoms with Crippen LogP contribution in [-0.4, -0.2) is 48.7 Å². The Kier molecular flexibility index (Phi) is 5.78. The molecule has 2 aliphatic rings. The number of aromatic nitrogens is 5. The van der Waals surface area contributed by atoms with Crippen LogP contribution in [0.5, 0.6) is 0 Å². The fourth-order valence-electron chi connectivity index (χ4n) is 4.50. The topological polar surface area (TPSA) is 152 Å². The Morgan fingerprint density at radius 1 is 1.26 bits per heavy atom. The number of H-pyrrole nitrogens is 2. The van der Waals surface area contributed by atoms with Gasteiger partial charge >= 0.3 is 0 Å². The number of nitrogens with zero attached hydrogens (tertiary/aromatic N) is 4. The monoisotopic (exact) mass is 464 g/mol. The highest BCUT2D eigenvalue weighted by Gasteiger charge is 2.35. The van der Waals surface area contributed by atoms with Crippen LogP contribution in [0.4, 0.5) is 23.3 Å². The van der Waals surface area contributed by atoms with E-state index in [9.17, 15) is 14.7 Å². The molecule has 11 heteroatoms. The molecular weight excluding hydrogens is 436 g/mol. The van der Waals surface area contributed by atoms with E-state index in [0.29, 0.717) is 60.6 Å². The Morgan fingerprint density at radius 3 is 2.85 bits per heavy atom. The summed E-state index contributed by atoms with van der Waals surface area (Å²) >= 11 is 0. The fraction of sp³-hybridized carbons (Fsp3) is 0.435. The summed E-state index contributed by atoms with van der Waals surface area (Å²) in [7, 11) is 0. The average Bonchev–Trinajstić information content (AvgIpc) is 3.55. The molecule has 0 aromatic carbocycles. The first-order chi connectivity index (χ1) is 16.4. The van der Waals surface area contributed by atoms with Crippen LogP contribution in [0.2, 0.25) is 0 Å². The van der Waals surface area contributed by atoms with Crippen molar-refractivity contribution in [2.45, 2.75) is 57.6 Å². The second-order valence-electron chi connectivity index (χ2n) is 9.06. The van der Waals surface area contributed by atoms with Gasteiger partial charge in [-0.05, 0) is 37.7 Å². The second kappa shape index (κ2) is 8.90. The normalized spacial score (nSPS) is 19.5. The zero-order valence-corrected chi connectivity index (χ0v) is 19.1. The van der Waals surface area contributed by atoms with Crippen molar-refractivity contribution in [2.75, 3.05) is 22.1 Å². The molecule has 3 aromatic rings. The van der Waals surface area contributed by atoms with Gasteiger partial charge in [-0.3, -0.25) is 14.7 Å². The Hall–Kier alpha value is -3.73. The Balaban J connectivity index is 1.43. The first-order valence-electron chi connectivity index (χ1n) is 11.6. The van der Waals surface area contributed by atoms with Crippen LogP contribution in [0.25, 0.3) is 0 Å². The molecule has 34 heavy (non-hydrogen) atoms. The summed E-state index contributed by atoms with van der Waals surface area (Å²) in [6, 6.07) is 4.42. The highest BCUT2D eigenvalue weighted by atomic mass is 16.3. The molecule has 0 bridgehead atoms. The van der Waals surface area contributed by atoms with Gasteiger partial charge in [-0.15, -0.1) is 0 Å². The van der Waals surface area contributed by atoms with E-state index in [1.165, 1.54) is 12.3 Å². The molecule has 11 nitrogen and oxygen atoms in total. The number of aryl methyl sites for hydroxylation is 1. The van der Waals surface area contributed by atoms with Gasteiger partial charge in [0.1, 0.15) is 11.9 Å². The van der Waals surface area contributed by atoms with Gasteiger partial charge in [0, 0.05) is 36.1 Å². The number of rotatable bonds is 6. The van der Waals surface area contributed by atoms with Crippen molar-refractivity contribution in [1.29, 1.82) is 0 Å². The maximum atomic E-state index is 13.0. The van der Waals surface area contributed by atoms with Crippen LogP contribution >= 0.6 is 0 Å². The molecule has 4 heterocycles. The molecule has 1 saturated heterocycles. The molecule has 0 radical (unpaired) electrons. The number of hydrogen-bond acceptors (Lipinski definition) is 8. The average molecular weight is 465 g/mol. The van der Waals surface area contributed by atoms with Gasteiger partial charge in [0.2, 0.25) is 17.4 Å². The maximum Gasteiger partial charge on any atom is 0.248 e. The lowest BCUT2D eigenvalue weighted by Crippen LogP contribution is -2.40. The molecule has 0 spiro atoms. The van der Waals surface area contributed by atoms with Gasteiger partial charge in [0.05, 0.1) is 17.5 Å². The number of hydrogen-bond donors (Lipinski definition) is 5. The van der Waals surface area contributed by atoms with Gasteiger partial charge in [-0.2, -0.15) is 10.1 Å². The molecule has 1 amide bonds. The highest BCUT2D eigenvalue weighted by molar-refractivity contribution is 5.96. The minimum absolute atomic E-state index is 0.183. The molecule has 0 saturated carbocycles. The van der Waals surface area contributed by atoms with E-state index in [1.807, 2.05) is 11.0 Å². The van der Waals surface area contributed by atoms with E-state index < -0.39 is 12.1 Å². The first-order valence-corrected chi connectivity index (χ1v) is 11.6. The molecule has 1 fully saturated rings. The SMILES string of the molecule is CC(C)c1cc(Nc2nc(N3CCC[C@H]3C(=O)Nc3ccc(=O)[nH]c3)nc3c2[C@@H](O)CC3)n[nH]1. The summed E-state index contributed by atoms with van der Waals surface area (Å²) in [6.07, 6.45) is 3.54. The minimum Gasteiger partial charge on any atom is -0.388 e. The lowest BCUT2D eigenvalue weighted by Gasteiger charge is -2.25. The zero-order chi connectivity index (χ0) is 23.8. The largest absolute Gasteiger partial charge is 0.388 e. The van der Waals surface area contributed by atoms with Crippen molar-refractivity contribution in [2.24, 2.45) is 0 Å². The number of fused-ring (bicyclic) bond motifs is 1. The highest BCUT2D eigenvalue weighted by Crippen LogP contribution is 2.38. The summed E-state index contributed by atoms with van der Waals surface area (Å²) in [5.74, 6) is 1.69. The minimum atomic E-state index is -0.645. The number of carbonyl (C=O) groups is 1. The van der Waals surface area contributed by atoms with Gasteiger partial charge < -0.3 is 25.6 Å². The van der Waals surface area contributed by atoms with E-state index in [0.717, 1.165) is 17.8 Å². The number of pyridine rings is 1. The van der Waals surface area contributed by atoms with E-state index in [1.54, 1.807) is 6.07 Å². The zero-order valence-electron chi connectivity index (χ0n) is 19.1. The van der Waals surface area contributed by atoms with Crippen LogP contribution in [0.15, 0.2) is 29.2 Å². The van der Waals surface area contributed by atoms with Crippen LogP contribution in [0.1, 0.15) is 62.1 Å². The van der Waals surface area contributed by atoms with Crippen LogP contribution in [0, 0.1) is 0 Å². The lowest BCUT2D eigenvalue weighted by molar-refractivity contribution is -0.117. The standard InChI is InChI=1S/C23H28N8O3/c1-12(2)15-10-18(30-29-15)27-21-20-14(6-7-17(20)32)26-23(28-21)31-9-3-4-16(31)22(34)25-13-5-8-19(33)24-11-13/h5,8,10-12,16-17,32H,3-4,6-7,9H2,1-2H3,(H,24,33)(H,25,34)(H2,26,27,28,29,30)/t16-,17-/m0/s1. The van der Waals surface area contributed by atoms with E-state index in [-0.39, 0.29) is 11.5 Å². The second-order valence-corrected chi connectivity index (χ2v) is 9.06. The molecule has 178 valence electrons. The Morgan fingerprint density at radius 2 is 2.12 bits per heavy atom. The Labute approximate surface area is 196 Å².